The predicted molar refractivity (Wildman–Crippen MR) is 215 cm³/mol. The Morgan fingerprint density at radius 2 is 1.70 bits per heavy atom. The summed E-state index contributed by atoms with van der Waals surface area (Å²) in [4.78, 5) is 17.7. The van der Waals surface area contributed by atoms with Gasteiger partial charge in [0.05, 0.1) is 37.4 Å². The van der Waals surface area contributed by atoms with Crippen LogP contribution in [0.4, 0.5) is 0 Å². The van der Waals surface area contributed by atoms with E-state index in [-0.39, 0.29) is 38.7 Å². The second-order valence-corrected chi connectivity index (χ2v) is 16.1. The van der Waals surface area contributed by atoms with E-state index in [0.717, 1.165) is 25.7 Å². The molecule has 56 heavy (non-hydrogen) atoms. The molecular weight excluding hydrogens is 724 g/mol. The molecular formula is C40H72N6O10. The zero-order valence-electron chi connectivity index (χ0n) is 34.3. The van der Waals surface area contributed by atoms with Crippen molar-refractivity contribution in [2.75, 3.05) is 39.9 Å². The lowest BCUT2D eigenvalue weighted by atomic mass is 9.83. The number of carbonyl (C=O) groups is 1. The summed E-state index contributed by atoms with van der Waals surface area (Å²) in [6, 6.07) is -3.09. The third-order valence-corrected chi connectivity index (χ3v) is 10.6. The molecule has 13 atom stereocenters. The third-order valence-electron chi connectivity index (χ3n) is 10.6. The van der Waals surface area contributed by atoms with E-state index in [9.17, 15) is 25.2 Å². The lowest BCUT2D eigenvalue weighted by molar-refractivity contribution is -0.307. The molecule has 2 heterocycles. The van der Waals surface area contributed by atoms with Crippen LogP contribution in [0.1, 0.15) is 86.0 Å². The summed E-state index contributed by atoms with van der Waals surface area (Å²) in [7, 11) is 1.59. The SMILES string of the molecule is CNC1[C@H](O)C(OC2C(NC(=O)C(O)CCN=C/C=C(\C)CC/C=C(\C)CCC=C(C)C)CC(N)C(OC3OC(CNCCO)CCC3N)C2O)OCC1(C)O. The first-order valence-electron chi connectivity index (χ1n) is 20.2. The molecule has 3 fully saturated rings. The summed E-state index contributed by atoms with van der Waals surface area (Å²) in [6.07, 6.45) is 4.51. The number of rotatable bonds is 21. The Balaban J connectivity index is 1.64. The largest absolute Gasteiger partial charge is 0.395 e. The van der Waals surface area contributed by atoms with Gasteiger partial charge in [0, 0.05) is 38.3 Å². The number of carbonyl (C=O) groups excluding carboxylic acids is 1. The monoisotopic (exact) mass is 797 g/mol. The van der Waals surface area contributed by atoms with Crippen LogP contribution in [0.25, 0.3) is 0 Å². The van der Waals surface area contributed by atoms with Gasteiger partial charge in [-0.3, -0.25) is 9.79 Å². The third kappa shape index (κ3) is 15.2. The molecule has 1 amide bonds. The maximum absolute atomic E-state index is 13.3. The number of nitrogens with zero attached hydrogens (tertiary/aromatic N) is 1. The number of ether oxygens (including phenoxy) is 4. The molecule has 0 bridgehead atoms. The normalized spacial score (nSPS) is 35.1. The molecule has 3 rings (SSSR count). The number of hydrogen-bond acceptors (Lipinski definition) is 15. The molecule has 12 unspecified atom stereocenters. The second kappa shape index (κ2) is 24.1. The zero-order valence-corrected chi connectivity index (χ0v) is 34.3. The van der Waals surface area contributed by atoms with Gasteiger partial charge in [-0.15, -0.1) is 0 Å². The minimum atomic E-state index is -1.46. The van der Waals surface area contributed by atoms with Crippen LogP contribution in [0, 0.1) is 0 Å². The van der Waals surface area contributed by atoms with Crippen LogP contribution in [0.2, 0.25) is 0 Å². The average Bonchev–Trinajstić information content (AvgIpc) is 3.13. The molecule has 2 aliphatic heterocycles. The maximum Gasteiger partial charge on any atom is 0.249 e. The first kappa shape index (κ1) is 48.2. The van der Waals surface area contributed by atoms with Crippen LogP contribution in [0.5, 0.6) is 0 Å². The van der Waals surface area contributed by atoms with Crippen molar-refractivity contribution < 1.29 is 49.3 Å². The van der Waals surface area contributed by atoms with E-state index < -0.39 is 78.8 Å². The average molecular weight is 797 g/mol. The van der Waals surface area contributed by atoms with Gasteiger partial charge in [0.15, 0.2) is 12.6 Å². The Kier molecular flexibility index (Phi) is 20.7. The van der Waals surface area contributed by atoms with Gasteiger partial charge >= 0.3 is 0 Å². The Labute approximate surface area is 333 Å². The maximum atomic E-state index is 13.3. The highest BCUT2D eigenvalue weighted by molar-refractivity contribution is 5.81. The molecule has 0 aromatic heterocycles. The Morgan fingerprint density at radius 1 is 1.00 bits per heavy atom. The van der Waals surface area contributed by atoms with Gasteiger partial charge in [-0.25, -0.2) is 0 Å². The zero-order chi connectivity index (χ0) is 41.4. The number of aliphatic hydroxyl groups excluding tert-OH is 4. The van der Waals surface area contributed by atoms with Crippen LogP contribution < -0.4 is 27.4 Å². The van der Waals surface area contributed by atoms with Gasteiger partial charge in [0.2, 0.25) is 5.91 Å². The topological polar surface area (TPSA) is 256 Å². The van der Waals surface area contributed by atoms with E-state index in [4.69, 9.17) is 35.5 Å². The highest BCUT2D eigenvalue weighted by Gasteiger charge is 2.52. The molecule has 0 radical (unpaired) electrons. The molecule has 2 saturated heterocycles. The van der Waals surface area contributed by atoms with E-state index >= 15 is 0 Å². The van der Waals surface area contributed by atoms with E-state index in [2.05, 4.69) is 53.9 Å². The van der Waals surface area contributed by atoms with Crippen molar-refractivity contribution in [3.63, 3.8) is 0 Å². The Morgan fingerprint density at radius 3 is 2.39 bits per heavy atom. The quantitative estimate of drug-likeness (QED) is 0.0419. The number of nitrogens with two attached hydrogens (primary N) is 2. The van der Waals surface area contributed by atoms with Crippen molar-refractivity contribution >= 4 is 12.1 Å². The Bertz CT molecular complexity index is 1310. The van der Waals surface area contributed by atoms with Crippen LogP contribution in [-0.2, 0) is 23.7 Å². The summed E-state index contributed by atoms with van der Waals surface area (Å²) < 4.78 is 24.3. The van der Waals surface area contributed by atoms with E-state index in [1.807, 2.05) is 13.0 Å². The first-order chi connectivity index (χ1) is 26.6. The summed E-state index contributed by atoms with van der Waals surface area (Å²) in [6.45, 7) is 10.8. The van der Waals surface area contributed by atoms with Gasteiger partial charge in [0.25, 0.3) is 0 Å². The molecule has 16 nitrogen and oxygen atoms in total. The highest BCUT2D eigenvalue weighted by Crippen LogP contribution is 2.32. The fraction of sp³-hybridized carbons (Fsp3) is 0.800. The molecule has 0 spiro atoms. The summed E-state index contributed by atoms with van der Waals surface area (Å²) in [5.74, 6) is -0.701. The number of allylic oxidation sites excluding steroid dienone is 6. The van der Waals surface area contributed by atoms with Gasteiger partial charge in [-0.05, 0) is 92.7 Å². The van der Waals surface area contributed by atoms with Crippen molar-refractivity contribution in [3.05, 3.63) is 34.9 Å². The number of aliphatic imine (C=N–C) groups is 1. The van der Waals surface area contributed by atoms with E-state index in [1.54, 1.807) is 13.3 Å². The molecule has 3 aliphatic rings. The molecule has 1 aliphatic carbocycles. The second-order valence-electron chi connectivity index (χ2n) is 16.1. The van der Waals surface area contributed by atoms with Crippen LogP contribution >= 0.6 is 0 Å². The fourth-order valence-electron chi connectivity index (χ4n) is 7.29. The van der Waals surface area contributed by atoms with Crippen molar-refractivity contribution in [1.82, 2.24) is 16.0 Å². The highest BCUT2D eigenvalue weighted by atomic mass is 16.7. The molecule has 0 aromatic carbocycles. The number of aliphatic hydroxyl groups is 5. The number of hydrogen-bond donors (Lipinski definition) is 10. The minimum absolute atomic E-state index is 0.0151. The van der Waals surface area contributed by atoms with Gasteiger partial charge in [-0.1, -0.05) is 28.9 Å². The van der Waals surface area contributed by atoms with E-state index in [0.29, 0.717) is 25.9 Å². The smallest absolute Gasteiger partial charge is 0.249 e. The number of likely N-dealkylation sites (N-methyl/N-ethyl adjacent to an activating group) is 1. The summed E-state index contributed by atoms with van der Waals surface area (Å²) >= 11 is 0. The van der Waals surface area contributed by atoms with Gasteiger partial charge in [0.1, 0.15) is 36.1 Å². The molecule has 322 valence electrons. The van der Waals surface area contributed by atoms with Crippen molar-refractivity contribution in [3.8, 4) is 0 Å². The van der Waals surface area contributed by atoms with Gasteiger partial charge < -0.3 is 71.9 Å². The number of amides is 1. The number of nitrogens with one attached hydrogen (secondary N) is 3. The van der Waals surface area contributed by atoms with Gasteiger partial charge in [-0.2, -0.15) is 0 Å². The Hall–Kier alpha value is -2.16. The molecule has 12 N–H and O–H groups in total. The first-order valence-corrected chi connectivity index (χ1v) is 20.2. The predicted octanol–water partition coefficient (Wildman–Crippen LogP) is 0.0450. The molecule has 1 saturated carbocycles. The van der Waals surface area contributed by atoms with E-state index in [1.165, 1.54) is 23.6 Å². The molecule has 16 heteroatoms. The lowest BCUT2D eigenvalue weighted by Gasteiger charge is -2.49. The van der Waals surface area contributed by atoms with Crippen molar-refractivity contribution in [2.24, 2.45) is 16.5 Å². The summed E-state index contributed by atoms with van der Waals surface area (Å²) in [5.41, 5.74) is 15.4. The van der Waals surface area contributed by atoms with Crippen molar-refractivity contribution in [2.45, 2.75) is 165 Å². The lowest BCUT2D eigenvalue weighted by Crippen LogP contribution is -2.69. The minimum Gasteiger partial charge on any atom is -0.395 e. The van der Waals surface area contributed by atoms with Crippen LogP contribution in [0.3, 0.4) is 0 Å². The van der Waals surface area contributed by atoms with Crippen LogP contribution in [-0.4, -0.2) is 157 Å². The van der Waals surface area contributed by atoms with Crippen LogP contribution in [0.15, 0.2) is 39.9 Å². The molecule has 0 aromatic rings. The summed E-state index contributed by atoms with van der Waals surface area (Å²) in [5, 5.41) is 62.4. The van der Waals surface area contributed by atoms with Crippen molar-refractivity contribution in [1.29, 1.82) is 0 Å². The fourth-order valence-corrected chi connectivity index (χ4v) is 7.29. The standard InChI is InChI=1S/C40H72N6O10/c1-24(2)9-7-10-25(3)11-8-12-26(4)15-17-44-18-16-31(48)37(51)46-30-21-29(42)34(55-38-28(41)14-13-27(54-38)22-45-19-20-47)32(49)35(30)56-39-33(50)36(43-6)40(5,52)23-53-39/h9,11,15,17,27-36,38-39,43,45,47-50,52H,7-8,10,12-14,16,18-23,41-42H2,1-6H3,(H,46,51)/b25-11+,26-15+,44-17?/t27?,28?,29?,30?,31?,32?,33-,34?,35?,36?,38?,39?,40?/m0/s1.